The lowest BCUT2D eigenvalue weighted by Crippen LogP contribution is -2.15. The second kappa shape index (κ2) is 6.87. The number of phenols is 1. The number of hydrogen-bond donors (Lipinski definition) is 1. The van der Waals surface area contributed by atoms with Gasteiger partial charge in [-0.2, -0.15) is 0 Å². The van der Waals surface area contributed by atoms with Crippen LogP contribution < -0.4 is 0 Å². The fourth-order valence-electron chi connectivity index (χ4n) is 3.04. The Bertz CT molecular complexity index is 456. The van der Waals surface area contributed by atoms with Crippen molar-refractivity contribution in [3.8, 4) is 5.75 Å². The van der Waals surface area contributed by atoms with Gasteiger partial charge in [-0.1, -0.05) is 19.8 Å². The minimum absolute atomic E-state index is 0.0574. The molecule has 1 aromatic carbocycles. The molecule has 110 valence electrons. The number of aromatic hydroxyl groups is 1. The van der Waals surface area contributed by atoms with Gasteiger partial charge in [-0.15, -0.1) is 0 Å². The van der Waals surface area contributed by atoms with E-state index in [9.17, 15) is 13.9 Å². The normalized spacial score (nSPS) is 24.4. The van der Waals surface area contributed by atoms with E-state index in [1.165, 1.54) is 30.7 Å². The summed E-state index contributed by atoms with van der Waals surface area (Å²) in [5.74, 6) is -0.936. The monoisotopic (exact) mass is 280 g/mol. The van der Waals surface area contributed by atoms with Crippen LogP contribution in [0.5, 0.6) is 5.75 Å². The predicted molar refractivity (Wildman–Crippen MR) is 77.6 cm³/mol. The molecule has 1 fully saturated rings. The molecule has 1 aliphatic carbocycles. The highest BCUT2D eigenvalue weighted by Gasteiger charge is 2.26. The Labute approximate surface area is 119 Å². The molecule has 2 rings (SSSR count). The van der Waals surface area contributed by atoms with Gasteiger partial charge in [0.1, 0.15) is 11.6 Å². The van der Waals surface area contributed by atoms with E-state index < -0.39 is 11.7 Å². The molecule has 0 heterocycles. The van der Waals surface area contributed by atoms with Crippen LogP contribution in [0.15, 0.2) is 30.1 Å². The van der Waals surface area contributed by atoms with Gasteiger partial charge in [0.05, 0.1) is 0 Å². The average molecular weight is 280 g/mol. The fraction of sp³-hybridized carbons (Fsp3) is 0.529. The number of phenolic OH excluding ortho intramolecular Hbond substituents is 1. The smallest absolute Gasteiger partial charge is 0.162 e. The summed E-state index contributed by atoms with van der Waals surface area (Å²) >= 11 is 0. The number of halogens is 2. The van der Waals surface area contributed by atoms with Crippen molar-refractivity contribution in [2.75, 3.05) is 0 Å². The van der Waals surface area contributed by atoms with Crippen molar-refractivity contribution in [2.45, 2.75) is 45.4 Å². The second-order valence-electron chi connectivity index (χ2n) is 5.72. The molecular formula is C17H22F2O. The number of rotatable bonds is 4. The highest BCUT2D eigenvalue weighted by molar-refractivity contribution is 5.61. The first-order chi connectivity index (χ1) is 9.61. The summed E-state index contributed by atoms with van der Waals surface area (Å²) in [7, 11) is 0. The van der Waals surface area contributed by atoms with Crippen molar-refractivity contribution in [3.63, 3.8) is 0 Å². The lowest BCUT2D eigenvalue weighted by atomic mass is 9.79. The van der Waals surface area contributed by atoms with Gasteiger partial charge < -0.3 is 5.11 Å². The maximum atomic E-state index is 14.2. The Kier molecular flexibility index (Phi) is 5.16. The Morgan fingerprint density at radius 3 is 2.25 bits per heavy atom. The van der Waals surface area contributed by atoms with Crippen molar-refractivity contribution in [1.29, 1.82) is 0 Å². The number of hydrogen-bond acceptors (Lipinski definition) is 1. The first-order valence-corrected chi connectivity index (χ1v) is 7.46. The first kappa shape index (κ1) is 15.0. The topological polar surface area (TPSA) is 20.2 Å². The molecule has 1 N–H and O–H groups in total. The molecule has 1 saturated carbocycles. The van der Waals surface area contributed by atoms with Crippen LogP contribution in [0.25, 0.3) is 5.83 Å². The molecule has 0 saturated heterocycles. The molecule has 0 amide bonds. The van der Waals surface area contributed by atoms with Crippen molar-refractivity contribution >= 4 is 5.83 Å². The summed E-state index contributed by atoms with van der Waals surface area (Å²) < 4.78 is 28.3. The third-order valence-corrected chi connectivity index (χ3v) is 4.23. The van der Waals surface area contributed by atoms with E-state index in [2.05, 4.69) is 6.92 Å². The summed E-state index contributed by atoms with van der Waals surface area (Å²) in [5, 5.41) is 9.17. The summed E-state index contributed by atoms with van der Waals surface area (Å²) in [6, 6.07) is 5.57. The van der Waals surface area contributed by atoms with Gasteiger partial charge in [-0.25, -0.2) is 8.78 Å². The largest absolute Gasteiger partial charge is 0.508 e. The van der Waals surface area contributed by atoms with Crippen LogP contribution in [0.2, 0.25) is 0 Å². The Morgan fingerprint density at radius 1 is 1.10 bits per heavy atom. The quantitative estimate of drug-likeness (QED) is 0.760. The van der Waals surface area contributed by atoms with Crippen LogP contribution in [-0.2, 0) is 0 Å². The van der Waals surface area contributed by atoms with E-state index in [1.807, 2.05) is 0 Å². The summed E-state index contributed by atoms with van der Waals surface area (Å²) in [6.07, 6.45) is 5.82. The number of benzene rings is 1. The Balaban J connectivity index is 2.04. The highest BCUT2D eigenvalue weighted by atomic mass is 19.2. The molecule has 0 unspecified atom stereocenters. The number of allylic oxidation sites excluding steroid dienone is 1. The Hall–Kier alpha value is -1.38. The molecule has 20 heavy (non-hydrogen) atoms. The zero-order chi connectivity index (χ0) is 14.5. The maximum Gasteiger partial charge on any atom is 0.162 e. The lowest BCUT2D eigenvalue weighted by Gasteiger charge is -2.27. The Morgan fingerprint density at radius 2 is 1.70 bits per heavy atom. The third kappa shape index (κ3) is 3.59. The predicted octanol–water partition coefficient (Wildman–Crippen LogP) is 5.61. The molecular weight excluding hydrogens is 258 g/mol. The standard InChI is InChI=1S/C17H22F2O/c1-2-3-12-4-6-13(7-5-12)16(18)17(19)14-8-10-15(20)11-9-14/h8-13,20H,2-7H2,1H3. The van der Waals surface area contributed by atoms with Crippen LogP contribution >= 0.6 is 0 Å². The summed E-state index contributed by atoms with van der Waals surface area (Å²) in [6.45, 7) is 2.16. The van der Waals surface area contributed by atoms with E-state index >= 15 is 0 Å². The fourth-order valence-corrected chi connectivity index (χ4v) is 3.04. The lowest BCUT2D eigenvalue weighted by molar-refractivity contribution is 0.261. The van der Waals surface area contributed by atoms with E-state index in [4.69, 9.17) is 0 Å². The zero-order valence-corrected chi connectivity index (χ0v) is 11.9. The minimum atomic E-state index is -0.774. The van der Waals surface area contributed by atoms with Gasteiger partial charge in [-0.05, 0) is 55.9 Å². The minimum Gasteiger partial charge on any atom is -0.508 e. The second-order valence-corrected chi connectivity index (χ2v) is 5.72. The van der Waals surface area contributed by atoms with Crippen LogP contribution in [0, 0.1) is 11.8 Å². The maximum absolute atomic E-state index is 14.2. The van der Waals surface area contributed by atoms with Gasteiger partial charge in [0.25, 0.3) is 0 Å². The van der Waals surface area contributed by atoms with Crippen LogP contribution in [0.1, 0.15) is 51.0 Å². The molecule has 0 bridgehead atoms. The molecule has 1 nitrogen and oxygen atoms in total. The van der Waals surface area contributed by atoms with E-state index in [1.54, 1.807) is 0 Å². The first-order valence-electron chi connectivity index (χ1n) is 7.46. The van der Waals surface area contributed by atoms with Gasteiger partial charge in [0.15, 0.2) is 5.83 Å². The molecule has 0 aromatic heterocycles. The van der Waals surface area contributed by atoms with E-state index in [0.717, 1.165) is 32.1 Å². The molecule has 1 aromatic rings. The molecule has 3 heteroatoms. The van der Waals surface area contributed by atoms with Crippen molar-refractivity contribution in [1.82, 2.24) is 0 Å². The molecule has 0 atom stereocenters. The molecule has 0 spiro atoms. The van der Waals surface area contributed by atoms with Gasteiger partial charge in [0, 0.05) is 11.5 Å². The molecule has 0 aliphatic heterocycles. The average Bonchev–Trinajstić information content (AvgIpc) is 2.48. The van der Waals surface area contributed by atoms with E-state index in [-0.39, 0.29) is 17.2 Å². The summed E-state index contributed by atoms with van der Waals surface area (Å²) in [4.78, 5) is 0. The van der Waals surface area contributed by atoms with E-state index in [0.29, 0.717) is 5.92 Å². The SMILES string of the molecule is CCCC1CCC(C(F)=C(F)c2ccc(O)cc2)CC1. The zero-order valence-electron chi connectivity index (χ0n) is 11.9. The summed E-state index contributed by atoms with van der Waals surface area (Å²) in [5.41, 5.74) is 0.205. The highest BCUT2D eigenvalue weighted by Crippen LogP contribution is 2.39. The van der Waals surface area contributed by atoms with Crippen LogP contribution in [0.4, 0.5) is 8.78 Å². The molecule has 1 aliphatic rings. The van der Waals surface area contributed by atoms with Crippen molar-refractivity contribution < 1.29 is 13.9 Å². The van der Waals surface area contributed by atoms with Crippen molar-refractivity contribution in [2.24, 2.45) is 11.8 Å². The third-order valence-electron chi connectivity index (χ3n) is 4.23. The van der Waals surface area contributed by atoms with Gasteiger partial charge >= 0.3 is 0 Å². The van der Waals surface area contributed by atoms with Crippen LogP contribution in [-0.4, -0.2) is 5.11 Å². The van der Waals surface area contributed by atoms with Gasteiger partial charge in [0.2, 0.25) is 0 Å². The van der Waals surface area contributed by atoms with Gasteiger partial charge in [-0.3, -0.25) is 0 Å². The van der Waals surface area contributed by atoms with Crippen LogP contribution in [0.3, 0.4) is 0 Å². The van der Waals surface area contributed by atoms with Crippen molar-refractivity contribution in [3.05, 3.63) is 35.7 Å². The molecule has 0 radical (unpaired) electrons.